The normalized spacial score (nSPS) is 19.9. The second-order valence-electron chi connectivity index (χ2n) is 7.67. The molecule has 3 nitrogen and oxygen atoms in total. The first kappa shape index (κ1) is 18.1. The van der Waals surface area contributed by atoms with E-state index in [-0.39, 0.29) is 22.8 Å². The molecule has 1 unspecified atom stereocenters. The minimum Gasteiger partial charge on any atom is -0.487 e. The van der Waals surface area contributed by atoms with Crippen molar-refractivity contribution in [1.29, 1.82) is 0 Å². The summed E-state index contributed by atoms with van der Waals surface area (Å²) in [5, 5.41) is 9.95. The number of hydrogen-bond donors (Lipinski definition) is 1. The Hall–Kier alpha value is -1.20. The monoisotopic (exact) mass is 328 g/mol. The van der Waals surface area contributed by atoms with Crippen LogP contribution in [-0.4, -0.2) is 30.0 Å². The van der Waals surface area contributed by atoms with E-state index in [9.17, 15) is 13.9 Å². The van der Waals surface area contributed by atoms with Crippen molar-refractivity contribution in [2.45, 2.75) is 64.1 Å². The first-order chi connectivity index (χ1) is 10.4. The average Bonchev–Trinajstić information content (AvgIpc) is 2.89. The van der Waals surface area contributed by atoms with Crippen LogP contribution in [0.3, 0.4) is 0 Å². The smallest absolute Gasteiger partial charge is 0.304 e. The van der Waals surface area contributed by atoms with Crippen molar-refractivity contribution >= 4 is 0 Å². The Balaban J connectivity index is 2.57. The predicted molar refractivity (Wildman–Crippen MR) is 85.2 cm³/mol. The number of alkyl halides is 2. The van der Waals surface area contributed by atoms with E-state index >= 15 is 0 Å². The van der Waals surface area contributed by atoms with E-state index in [2.05, 4.69) is 0 Å². The molecule has 1 aromatic carbocycles. The maximum atomic E-state index is 14.8. The molecule has 1 saturated heterocycles. The topological polar surface area (TPSA) is 38.7 Å². The zero-order valence-electron chi connectivity index (χ0n) is 14.5. The molecule has 0 saturated carbocycles. The molecule has 0 aromatic heterocycles. The first-order valence-electron chi connectivity index (χ1n) is 7.93. The van der Waals surface area contributed by atoms with Crippen molar-refractivity contribution < 1.29 is 23.4 Å². The second-order valence-corrected chi connectivity index (χ2v) is 7.67. The minimum atomic E-state index is -3.43. The summed E-state index contributed by atoms with van der Waals surface area (Å²) < 4.78 is 40.8. The van der Waals surface area contributed by atoms with Gasteiger partial charge in [0.05, 0.1) is 18.8 Å². The molecule has 1 atom stereocenters. The van der Waals surface area contributed by atoms with E-state index < -0.39 is 11.5 Å². The van der Waals surface area contributed by atoms with Gasteiger partial charge in [0.2, 0.25) is 0 Å². The highest BCUT2D eigenvalue weighted by molar-refractivity contribution is 5.48. The highest BCUT2D eigenvalue weighted by Gasteiger charge is 2.49. The van der Waals surface area contributed by atoms with E-state index in [1.54, 1.807) is 12.1 Å². The van der Waals surface area contributed by atoms with Crippen molar-refractivity contribution in [3.05, 3.63) is 29.3 Å². The summed E-state index contributed by atoms with van der Waals surface area (Å²) in [7, 11) is 0. The summed E-state index contributed by atoms with van der Waals surface area (Å²) in [4.78, 5) is 0. The molecular formula is C18H26F2O3. The summed E-state index contributed by atoms with van der Waals surface area (Å²) in [6.07, 6.45) is 0.432. The lowest BCUT2D eigenvalue weighted by Crippen LogP contribution is -2.41. The molecule has 1 heterocycles. The van der Waals surface area contributed by atoms with Crippen LogP contribution < -0.4 is 4.74 Å². The van der Waals surface area contributed by atoms with Crippen LogP contribution in [0.2, 0.25) is 0 Å². The fourth-order valence-electron chi connectivity index (χ4n) is 2.60. The lowest BCUT2D eigenvalue weighted by atomic mass is 9.82. The van der Waals surface area contributed by atoms with Gasteiger partial charge in [-0.2, -0.15) is 8.78 Å². The quantitative estimate of drug-likeness (QED) is 0.907. The van der Waals surface area contributed by atoms with Crippen LogP contribution in [-0.2, 0) is 16.1 Å². The Morgan fingerprint density at radius 3 is 2.22 bits per heavy atom. The molecular weight excluding hydrogens is 302 g/mol. The second kappa shape index (κ2) is 6.02. The first-order valence-corrected chi connectivity index (χ1v) is 7.93. The Morgan fingerprint density at radius 2 is 1.74 bits per heavy atom. The van der Waals surface area contributed by atoms with Crippen LogP contribution in [0.1, 0.15) is 52.2 Å². The number of hydrogen-bond acceptors (Lipinski definition) is 3. The van der Waals surface area contributed by atoms with Gasteiger partial charge in [-0.3, -0.25) is 0 Å². The van der Waals surface area contributed by atoms with E-state index in [4.69, 9.17) is 9.47 Å². The summed E-state index contributed by atoms with van der Waals surface area (Å²) >= 11 is 0. The highest BCUT2D eigenvalue weighted by atomic mass is 19.3. The van der Waals surface area contributed by atoms with Gasteiger partial charge in [-0.1, -0.05) is 32.9 Å². The van der Waals surface area contributed by atoms with Gasteiger partial charge >= 0.3 is 5.92 Å². The fraction of sp³-hybridized carbons (Fsp3) is 0.667. The predicted octanol–water partition coefficient (Wildman–Crippen LogP) is 4.01. The number of rotatable bonds is 4. The maximum absolute atomic E-state index is 14.8. The van der Waals surface area contributed by atoms with E-state index in [1.807, 2.05) is 20.8 Å². The van der Waals surface area contributed by atoms with Crippen LogP contribution in [0.4, 0.5) is 8.78 Å². The van der Waals surface area contributed by atoms with Crippen LogP contribution in [0.25, 0.3) is 0 Å². The van der Waals surface area contributed by atoms with Crippen molar-refractivity contribution in [2.75, 3.05) is 13.2 Å². The molecule has 1 N–H and O–H groups in total. The van der Waals surface area contributed by atoms with Gasteiger partial charge in [0.25, 0.3) is 0 Å². The Bertz CT molecular complexity index is 550. The third-order valence-corrected chi connectivity index (χ3v) is 4.10. The molecule has 130 valence electrons. The number of aliphatic hydroxyl groups is 1. The average molecular weight is 328 g/mol. The summed E-state index contributed by atoms with van der Waals surface area (Å²) in [5.41, 5.74) is -2.12. The number of ether oxygens (including phenoxy) is 2. The molecule has 1 aromatic rings. The van der Waals surface area contributed by atoms with Crippen LogP contribution in [0, 0.1) is 0 Å². The summed E-state index contributed by atoms with van der Waals surface area (Å²) in [6.45, 7) is 9.04. The molecule has 0 amide bonds. The zero-order valence-corrected chi connectivity index (χ0v) is 14.5. The lowest BCUT2D eigenvalue weighted by Gasteiger charge is -2.33. The van der Waals surface area contributed by atoms with Crippen LogP contribution >= 0.6 is 0 Å². The van der Waals surface area contributed by atoms with Crippen molar-refractivity contribution in [2.24, 2.45) is 0 Å². The maximum Gasteiger partial charge on any atom is 0.304 e. The summed E-state index contributed by atoms with van der Waals surface area (Å²) in [6, 6.07) is 4.72. The molecule has 0 bridgehead atoms. The van der Waals surface area contributed by atoms with Crippen molar-refractivity contribution in [3.8, 4) is 5.75 Å². The number of benzene rings is 1. The van der Waals surface area contributed by atoms with Crippen molar-refractivity contribution in [1.82, 2.24) is 0 Å². The molecule has 1 aliphatic heterocycles. The molecule has 5 heteroatoms. The third-order valence-electron chi connectivity index (χ3n) is 4.10. The van der Waals surface area contributed by atoms with Gasteiger partial charge in [0, 0.05) is 12.0 Å². The van der Waals surface area contributed by atoms with Crippen molar-refractivity contribution in [3.63, 3.8) is 0 Å². The molecule has 0 aliphatic carbocycles. The molecule has 2 rings (SSSR count). The molecule has 0 radical (unpaired) electrons. The van der Waals surface area contributed by atoms with Crippen LogP contribution in [0.15, 0.2) is 18.2 Å². The van der Waals surface area contributed by atoms with E-state index in [1.165, 1.54) is 6.07 Å². The Kier molecular flexibility index (Phi) is 4.75. The SMILES string of the molecule is CC(C)(C)c1cccc(C(F)(F)C(C)(C)O)c1OC1CCOC1. The largest absolute Gasteiger partial charge is 0.487 e. The van der Waals surface area contributed by atoms with Gasteiger partial charge in [-0.15, -0.1) is 0 Å². The Labute approximate surface area is 136 Å². The highest BCUT2D eigenvalue weighted by Crippen LogP contribution is 2.46. The van der Waals surface area contributed by atoms with Gasteiger partial charge < -0.3 is 14.6 Å². The molecule has 23 heavy (non-hydrogen) atoms. The lowest BCUT2D eigenvalue weighted by molar-refractivity contribution is -0.169. The van der Waals surface area contributed by atoms with Gasteiger partial charge in [-0.05, 0) is 25.3 Å². The molecule has 0 spiro atoms. The van der Waals surface area contributed by atoms with Gasteiger partial charge in [-0.25, -0.2) is 0 Å². The Morgan fingerprint density at radius 1 is 1.13 bits per heavy atom. The van der Waals surface area contributed by atoms with Gasteiger partial charge in [0.1, 0.15) is 17.5 Å². The van der Waals surface area contributed by atoms with Crippen LogP contribution in [0.5, 0.6) is 5.75 Å². The fourth-order valence-corrected chi connectivity index (χ4v) is 2.60. The summed E-state index contributed by atoms with van der Waals surface area (Å²) in [5.74, 6) is -3.26. The number of para-hydroxylation sites is 1. The minimum absolute atomic E-state index is 0.169. The molecule has 1 aliphatic rings. The van der Waals surface area contributed by atoms with Gasteiger partial charge in [0.15, 0.2) is 0 Å². The third kappa shape index (κ3) is 3.66. The van der Waals surface area contributed by atoms with E-state index in [0.29, 0.717) is 25.2 Å². The zero-order chi connectivity index (χ0) is 17.5. The van der Waals surface area contributed by atoms with E-state index in [0.717, 1.165) is 13.8 Å². The number of halogens is 2. The molecule has 1 fully saturated rings. The standard InChI is InChI=1S/C18H26F2O3/c1-16(2,3)13-7-6-8-14(18(19,20)17(4,5)21)15(13)23-12-9-10-22-11-12/h6-8,12,21H,9-11H2,1-5H3.